The number of hydrogen-bond acceptors (Lipinski definition) is 4. The van der Waals surface area contributed by atoms with Gasteiger partial charge in [-0.15, -0.1) is 0 Å². The first kappa shape index (κ1) is 18.4. The molecule has 0 heterocycles. The van der Waals surface area contributed by atoms with Gasteiger partial charge in [0.25, 0.3) is 10.0 Å². The summed E-state index contributed by atoms with van der Waals surface area (Å²) in [5, 5.41) is 2.78. The van der Waals surface area contributed by atoms with E-state index in [0.29, 0.717) is 18.0 Å². The molecule has 0 saturated heterocycles. The lowest BCUT2D eigenvalue weighted by Gasteiger charge is -2.21. The summed E-state index contributed by atoms with van der Waals surface area (Å²) in [6, 6.07) is 5.77. The number of sulfonamides is 1. The fourth-order valence-electron chi connectivity index (χ4n) is 3.00. The molecule has 0 aliphatic heterocycles. The number of nitrogens with one attached hydrogen (secondary N) is 2. The summed E-state index contributed by atoms with van der Waals surface area (Å²) in [5.41, 5.74) is 0.547. The molecule has 1 saturated carbocycles. The standard InChI is InChI=1S/C17H24N2O4S/c1-13(20)19-24(22,23)16-10-8-15(9-11-16)18-17(21)12-7-14-5-3-2-4-6-14/h8-11,14H,2-7,12H2,1H3,(H,18,21)(H,19,20). The number of carbonyl (C=O) groups excluding carboxylic acids is 2. The van der Waals surface area contributed by atoms with E-state index in [9.17, 15) is 18.0 Å². The molecule has 1 aliphatic rings. The van der Waals surface area contributed by atoms with Gasteiger partial charge in [0.05, 0.1) is 4.90 Å². The first-order valence-electron chi connectivity index (χ1n) is 8.30. The van der Waals surface area contributed by atoms with Crippen LogP contribution in [0.3, 0.4) is 0 Å². The molecule has 2 amide bonds. The third kappa shape index (κ3) is 5.63. The summed E-state index contributed by atoms with van der Waals surface area (Å²) >= 11 is 0. The van der Waals surface area contributed by atoms with Crippen molar-refractivity contribution in [2.24, 2.45) is 5.92 Å². The van der Waals surface area contributed by atoms with Crippen LogP contribution >= 0.6 is 0 Å². The zero-order valence-electron chi connectivity index (χ0n) is 13.9. The van der Waals surface area contributed by atoms with Gasteiger partial charge in [-0.3, -0.25) is 9.59 Å². The average molecular weight is 352 g/mol. The maximum atomic E-state index is 12.0. The third-order valence-electron chi connectivity index (χ3n) is 4.23. The van der Waals surface area contributed by atoms with Crippen LogP contribution in [0.15, 0.2) is 29.2 Å². The molecule has 0 atom stereocenters. The van der Waals surface area contributed by atoms with Crippen LogP contribution in [0.1, 0.15) is 51.9 Å². The molecule has 0 aromatic heterocycles. The molecule has 132 valence electrons. The van der Waals surface area contributed by atoms with Crippen molar-refractivity contribution < 1.29 is 18.0 Å². The third-order valence-corrected chi connectivity index (χ3v) is 5.68. The number of carbonyl (C=O) groups is 2. The summed E-state index contributed by atoms with van der Waals surface area (Å²) in [6.45, 7) is 1.14. The second-order valence-electron chi connectivity index (χ2n) is 6.28. The molecular weight excluding hydrogens is 328 g/mol. The molecule has 1 fully saturated rings. The molecule has 0 unspecified atom stereocenters. The summed E-state index contributed by atoms with van der Waals surface area (Å²) in [4.78, 5) is 22.9. The number of anilines is 1. The Bertz CT molecular complexity index is 677. The van der Waals surface area contributed by atoms with Gasteiger partial charge in [-0.1, -0.05) is 32.1 Å². The molecule has 24 heavy (non-hydrogen) atoms. The molecule has 0 bridgehead atoms. The maximum absolute atomic E-state index is 12.0. The molecule has 0 radical (unpaired) electrons. The molecule has 0 spiro atoms. The Labute approximate surface area is 143 Å². The van der Waals surface area contributed by atoms with Crippen molar-refractivity contribution >= 4 is 27.5 Å². The van der Waals surface area contributed by atoms with E-state index in [0.717, 1.165) is 13.3 Å². The van der Waals surface area contributed by atoms with Crippen molar-refractivity contribution in [3.63, 3.8) is 0 Å². The van der Waals surface area contributed by atoms with E-state index in [2.05, 4.69) is 5.32 Å². The topological polar surface area (TPSA) is 92.3 Å². The van der Waals surface area contributed by atoms with Gasteiger partial charge in [-0.2, -0.15) is 0 Å². The van der Waals surface area contributed by atoms with Gasteiger partial charge in [-0.25, -0.2) is 13.1 Å². The Morgan fingerprint density at radius 1 is 1.08 bits per heavy atom. The van der Waals surface area contributed by atoms with Gasteiger partial charge in [0.15, 0.2) is 0 Å². The average Bonchev–Trinajstić information content (AvgIpc) is 2.53. The van der Waals surface area contributed by atoms with Crippen LogP contribution < -0.4 is 10.0 Å². The quantitative estimate of drug-likeness (QED) is 0.823. The molecule has 1 aromatic carbocycles. The minimum absolute atomic E-state index is 0.0158. The number of amides is 2. The lowest BCUT2D eigenvalue weighted by molar-refractivity contribution is -0.117. The second kappa shape index (κ2) is 8.28. The minimum atomic E-state index is -3.84. The zero-order valence-corrected chi connectivity index (χ0v) is 14.7. The van der Waals surface area contributed by atoms with Gasteiger partial charge in [0.1, 0.15) is 0 Å². The Hall–Kier alpha value is -1.89. The normalized spacial score (nSPS) is 15.7. The Balaban J connectivity index is 1.86. The van der Waals surface area contributed by atoms with Gasteiger partial charge >= 0.3 is 0 Å². The van der Waals surface area contributed by atoms with Crippen molar-refractivity contribution in [1.29, 1.82) is 0 Å². The summed E-state index contributed by atoms with van der Waals surface area (Å²) in [7, 11) is -3.84. The van der Waals surface area contributed by atoms with E-state index in [1.807, 2.05) is 4.72 Å². The number of benzene rings is 1. The molecule has 1 aromatic rings. The highest BCUT2D eigenvalue weighted by Gasteiger charge is 2.16. The Kier molecular flexibility index (Phi) is 6.36. The maximum Gasteiger partial charge on any atom is 0.264 e. The van der Waals surface area contributed by atoms with E-state index >= 15 is 0 Å². The highest BCUT2D eigenvalue weighted by molar-refractivity contribution is 7.90. The van der Waals surface area contributed by atoms with Crippen molar-refractivity contribution in [3.05, 3.63) is 24.3 Å². The summed E-state index contributed by atoms with van der Waals surface area (Å²) < 4.78 is 25.6. The molecule has 6 nitrogen and oxygen atoms in total. The molecule has 1 aliphatic carbocycles. The highest BCUT2D eigenvalue weighted by Crippen LogP contribution is 2.27. The minimum Gasteiger partial charge on any atom is -0.326 e. The number of rotatable bonds is 6. The van der Waals surface area contributed by atoms with Crippen molar-refractivity contribution in [1.82, 2.24) is 4.72 Å². The van der Waals surface area contributed by atoms with Gasteiger partial charge in [0.2, 0.25) is 11.8 Å². The van der Waals surface area contributed by atoms with Gasteiger partial charge in [-0.05, 0) is 36.6 Å². The smallest absolute Gasteiger partial charge is 0.264 e. The largest absolute Gasteiger partial charge is 0.326 e. The lowest BCUT2D eigenvalue weighted by atomic mass is 9.86. The van der Waals surface area contributed by atoms with Crippen molar-refractivity contribution in [2.75, 3.05) is 5.32 Å². The predicted molar refractivity (Wildman–Crippen MR) is 91.9 cm³/mol. The SMILES string of the molecule is CC(=O)NS(=O)(=O)c1ccc(NC(=O)CCC2CCCCC2)cc1. The highest BCUT2D eigenvalue weighted by atomic mass is 32.2. The van der Waals surface area contributed by atoms with Crippen molar-refractivity contribution in [3.8, 4) is 0 Å². The summed E-state index contributed by atoms with van der Waals surface area (Å²) in [5.74, 6) is -0.0530. The van der Waals surface area contributed by atoms with Crippen LogP contribution in [-0.2, 0) is 19.6 Å². The fraction of sp³-hybridized carbons (Fsp3) is 0.529. The van der Waals surface area contributed by atoms with E-state index in [4.69, 9.17) is 0 Å². The first-order chi connectivity index (χ1) is 11.4. The molecule has 2 N–H and O–H groups in total. The van der Waals surface area contributed by atoms with Crippen LogP contribution in [0.2, 0.25) is 0 Å². The van der Waals surface area contributed by atoms with Crippen LogP contribution in [-0.4, -0.2) is 20.2 Å². The Morgan fingerprint density at radius 2 is 1.71 bits per heavy atom. The first-order valence-corrected chi connectivity index (χ1v) is 9.78. The lowest BCUT2D eigenvalue weighted by Crippen LogP contribution is -2.28. The number of hydrogen-bond donors (Lipinski definition) is 2. The van der Waals surface area contributed by atoms with Crippen LogP contribution in [0.5, 0.6) is 0 Å². The molecule has 7 heteroatoms. The van der Waals surface area contributed by atoms with Gasteiger partial charge in [0, 0.05) is 19.0 Å². The molecule has 2 rings (SSSR count). The van der Waals surface area contributed by atoms with Gasteiger partial charge < -0.3 is 5.32 Å². The Morgan fingerprint density at radius 3 is 2.29 bits per heavy atom. The van der Waals surface area contributed by atoms with E-state index in [1.165, 1.54) is 56.4 Å². The molecular formula is C17H24N2O4S. The monoisotopic (exact) mass is 352 g/mol. The van der Waals surface area contributed by atoms with E-state index in [-0.39, 0.29) is 10.8 Å². The van der Waals surface area contributed by atoms with E-state index in [1.54, 1.807) is 0 Å². The fourth-order valence-corrected chi connectivity index (χ4v) is 3.99. The van der Waals surface area contributed by atoms with Crippen LogP contribution in [0, 0.1) is 5.92 Å². The van der Waals surface area contributed by atoms with Crippen LogP contribution in [0.25, 0.3) is 0 Å². The second-order valence-corrected chi connectivity index (χ2v) is 7.96. The van der Waals surface area contributed by atoms with Crippen molar-refractivity contribution in [2.45, 2.75) is 56.8 Å². The zero-order chi connectivity index (χ0) is 17.6. The predicted octanol–water partition coefficient (Wildman–Crippen LogP) is 2.81. The summed E-state index contributed by atoms with van der Waals surface area (Å²) in [6.07, 6.45) is 7.63. The van der Waals surface area contributed by atoms with Crippen LogP contribution in [0.4, 0.5) is 5.69 Å². The van der Waals surface area contributed by atoms with E-state index < -0.39 is 15.9 Å².